The van der Waals surface area contributed by atoms with Crippen molar-refractivity contribution in [2.24, 2.45) is 20.7 Å². The number of hydrogen-bond donors (Lipinski definition) is 2. The number of nitrogens with zero attached hydrogens (tertiary/aromatic N) is 4. The fraction of sp³-hybridized carbons (Fsp3) is 0.0417. The Morgan fingerprint density at radius 3 is 2.32 bits per heavy atom. The van der Waals surface area contributed by atoms with Crippen LogP contribution in [0.5, 0.6) is 5.75 Å². The van der Waals surface area contributed by atoms with Crippen LogP contribution in [0.2, 0.25) is 15.1 Å². The monoisotopic (exact) mass is 511 g/mol. The zero-order valence-electron chi connectivity index (χ0n) is 17.6. The Morgan fingerprint density at radius 2 is 1.53 bits per heavy atom. The number of anilines is 1. The van der Waals surface area contributed by atoms with Gasteiger partial charge in [0.2, 0.25) is 0 Å². The lowest BCUT2D eigenvalue weighted by Crippen LogP contribution is -2.13. The molecule has 0 unspecified atom stereocenters. The summed E-state index contributed by atoms with van der Waals surface area (Å²) >= 11 is 18.0. The Balaban J connectivity index is 1.69. The van der Waals surface area contributed by atoms with E-state index in [1.807, 2.05) is 31.2 Å². The number of hydrogen-bond acceptors (Lipinski definition) is 4. The van der Waals surface area contributed by atoms with Gasteiger partial charge in [-0.25, -0.2) is 0 Å². The summed E-state index contributed by atoms with van der Waals surface area (Å²) in [6.07, 6.45) is 0. The van der Waals surface area contributed by atoms with Crippen LogP contribution in [0, 0.1) is 6.92 Å². The van der Waals surface area contributed by atoms with Crippen molar-refractivity contribution in [1.29, 1.82) is 0 Å². The first-order valence-electron chi connectivity index (χ1n) is 9.93. The molecule has 0 spiro atoms. The summed E-state index contributed by atoms with van der Waals surface area (Å²) in [5.74, 6) is -0.825. The number of rotatable bonds is 5. The standard InChI is InChI=1S/C24H16Cl3N5O2/c1-13-6-2-5-9-20(13)28-24(34)16-10-14-7-3-4-8-15(14)22(23(16)33)30-32-31-29-21-12-18(26)17(25)11-19(21)27/h2-12,33H,1H3,(H,28,34). The lowest BCUT2D eigenvalue weighted by Gasteiger charge is -2.12. The van der Waals surface area contributed by atoms with Gasteiger partial charge in [0, 0.05) is 11.1 Å². The van der Waals surface area contributed by atoms with Gasteiger partial charge in [0.25, 0.3) is 5.91 Å². The predicted octanol–water partition coefficient (Wildman–Crippen LogP) is 8.85. The van der Waals surface area contributed by atoms with Crippen LogP contribution in [-0.4, -0.2) is 11.0 Å². The number of aromatic hydroxyl groups is 1. The fourth-order valence-electron chi connectivity index (χ4n) is 3.22. The van der Waals surface area contributed by atoms with Crippen LogP contribution >= 0.6 is 34.8 Å². The minimum atomic E-state index is -0.488. The Kier molecular flexibility index (Phi) is 7.07. The first-order valence-corrected chi connectivity index (χ1v) is 11.1. The lowest BCUT2D eigenvalue weighted by atomic mass is 10.0. The van der Waals surface area contributed by atoms with Crippen LogP contribution in [0.15, 0.2) is 87.4 Å². The molecule has 0 fully saturated rings. The Bertz CT molecular complexity index is 1470. The number of benzene rings is 4. The number of phenolic OH excluding ortho intramolecular Hbond substituents is 1. The van der Waals surface area contributed by atoms with Crippen molar-refractivity contribution in [1.82, 2.24) is 0 Å². The number of aryl methyl sites for hydroxylation is 1. The van der Waals surface area contributed by atoms with Gasteiger partial charge < -0.3 is 10.4 Å². The smallest absolute Gasteiger partial charge is 0.259 e. The van der Waals surface area contributed by atoms with Crippen LogP contribution < -0.4 is 5.32 Å². The second-order valence-electron chi connectivity index (χ2n) is 7.21. The van der Waals surface area contributed by atoms with Crippen LogP contribution in [0.4, 0.5) is 17.1 Å². The maximum atomic E-state index is 13.0. The van der Waals surface area contributed by atoms with Gasteiger partial charge in [0.05, 0.1) is 20.6 Å². The molecule has 4 aromatic rings. The van der Waals surface area contributed by atoms with Crippen molar-refractivity contribution in [3.05, 3.63) is 92.9 Å². The van der Waals surface area contributed by atoms with Crippen molar-refractivity contribution in [3.63, 3.8) is 0 Å². The van der Waals surface area contributed by atoms with Crippen molar-refractivity contribution in [2.45, 2.75) is 6.92 Å². The van der Waals surface area contributed by atoms with E-state index >= 15 is 0 Å². The van der Waals surface area contributed by atoms with Gasteiger partial charge in [0.1, 0.15) is 11.4 Å². The Morgan fingerprint density at radius 1 is 0.853 bits per heavy atom. The quantitative estimate of drug-likeness (QED) is 0.158. The molecule has 10 heteroatoms. The average Bonchev–Trinajstić information content (AvgIpc) is 2.82. The summed E-state index contributed by atoms with van der Waals surface area (Å²) in [5, 5.41) is 31.0. The minimum absolute atomic E-state index is 0.0420. The van der Waals surface area contributed by atoms with Crippen molar-refractivity contribution in [3.8, 4) is 5.75 Å². The molecule has 2 N–H and O–H groups in total. The summed E-state index contributed by atoms with van der Waals surface area (Å²) in [6, 6.07) is 19.0. The molecule has 0 aliphatic carbocycles. The molecule has 1 amide bonds. The van der Waals surface area contributed by atoms with E-state index in [0.29, 0.717) is 16.5 Å². The minimum Gasteiger partial charge on any atom is -0.505 e. The molecule has 0 atom stereocenters. The number of fused-ring (bicyclic) bond motifs is 1. The summed E-state index contributed by atoms with van der Waals surface area (Å²) in [6.45, 7) is 1.88. The molecule has 0 aliphatic rings. The number of phenols is 1. The summed E-state index contributed by atoms with van der Waals surface area (Å²) in [5.41, 5.74) is 1.89. The summed E-state index contributed by atoms with van der Waals surface area (Å²) in [4.78, 5) is 13.0. The Labute approximate surface area is 209 Å². The summed E-state index contributed by atoms with van der Waals surface area (Å²) in [7, 11) is 0. The molecular formula is C24H16Cl3N5O2. The third-order valence-electron chi connectivity index (χ3n) is 4.96. The molecule has 0 aliphatic heterocycles. The highest BCUT2D eigenvalue weighted by Crippen LogP contribution is 2.39. The van der Waals surface area contributed by atoms with E-state index in [4.69, 9.17) is 34.8 Å². The van der Waals surface area contributed by atoms with Gasteiger partial charge in [-0.3, -0.25) is 4.79 Å². The zero-order valence-corrected chi connectivity index (χ0v) is 19.9. The molecule has 4 aromatic carbocycles. The predicted molar refractivity (Wildman–Crippen MR) is 135 cm³/mol. The van der Waals surface area contributed by atoms with Gasteiger partial charge in [-0.1, -0.05) is 77.3 Å². The normalized spacial score (nSPS) is 11.5. The van der Waals surface area contributed by atoms with Gasteiger partial charge in [-0.15, -0.1) is 10.2 Å². The van der Waals surface area contributed by atoms with E-state index in [9.17, 15) is 9.90 Å². The van der Waals surface area contributed by atoms with Gasteiger partial charge in [-0.05, 0) is 52.6 Å². The second kappa shape index (κ2) is 10.2. The van der Waals surface area contributed by atoms with E-state index in [1.165, 1.54) is 12.1 Å². The largest absolute Gasteiger partial charge is 0.505 e. The fourth-order valence-corrected chi connectivity index (χ4v) is 3.80. The number of carbonyl (C=O) groups excluding carboxylic acids is 1. The molecule has 4 rings (SSSR count). The van der Waals surface area contributed by atoms with Crippen molar-refractivity contribution < 1.29 is 9.90 Å². The topological polar surface area (TPSA) is 98.8 Å². The van der Waals surface area contributed by atoms with Crippen molar-refractivity contribution in [2.75, 3.05) is 5.32 Å². The molecule has 0 radical (unpaired) electrons. The zero-order chi connectivity index (χ0) is 24.2. The average molecular weight is 513 g/mol. The number of para-hydroxylation sites is 1. The number of amides is 1. The van der Waals surface area contributed by atoms with Crippen LogP contribution in [-0.2, 0) is 0 Å². The van der Waals surface area contributed by atoms with Crippen LogP contribution in [0.1, 0.15) is 15.9 Å². The van der Waals surface area contributed by atoms with Gasteiger partial charge in [-0.2, -0.15) is 0 Å². The highest BCUT2D eigenvalue weighted by molar-refractivity contribution is 6.43. The molecule has 0 saturated heterocycles. The third-order valence-corrected chi connectivity index (χ3v) is 5.98. The lowest BCUT2D eigenvalue weighted by molar-refractivity contribution is 0.102. The molecule has 170 valence electrons. The molecule has 0 saturated carbocycles. The SMILES string of the molecule is Cc1ccccc1NC(=O)c1cc2ccccc2c(N=NN=Nc2cc(Cl)c(Cl)cc2Cl)c1O. The number of halogens is 3. The van der Waals surface area contributed by atoms with Gasteiger partial charge in [0.15, 0.2) is 5.75 Å². The van der Waals surface area contributed by atoms with Crippen LogP contribution in [0.25, 0.3) is 10.8 Å². The van der Waals surface area contributed by atoms with E-state index in [-0.39, 0.29) is 37.8 Å². The third kappa shape index (κ3) is 5.02. The van der Waals surface area contributed by atoms with Gasteiger partial charge >= 0.3 is 0 Å². The van der Waals surface area contributed by atoms with Crippen molar-refractivity contribution >= 4 is 68.5 Å². The highest BCUT2D eigenvalue weighted by atomic mass is 35.5. The molecule has 7 nitrogen and oxygen atoms in total. The first-order chi connectivity index (χ1) is 16.3. The van der Waals surface area contributed by atoms with E-state index in [1.54, 1.807) is 30.3 Å². The number of carbonyl (C=O) groups is 1. The van der Waals surface area contributed by atoms with Crippen LogP contribution in [0.3, 0.4) is 0 Å². The molecule has 34 heavy (non-hydrogen) atoms. The maximum absolute atomic E-state index is 13.0. The Hall–Kier alpha value is -3.52. The molecular weight excluding hydrogens is 497 g/mol. The molecule has 0 heterocycles. The van der Waals surface area contributed by atoms with E-state index in [2.05, 4.69) is 26.0 Å². The van der Waals surface area contributed by atoms with E-state index in [0.717, 1.165) is 5.56 Å². The molecule has 0 bridgehead atoms. The number of nitrogens with one attached hydrogen (secondary N) is 1. The second-order valence-corrected chi connectivity index (χ2v) is 8.43. The maximum Gasteiger partial charge on any atom is 0.259 e. The first kappa shape index (κ1) is 23.6. The molecule has 0 aromatic heterocycles. The summed E-state index contributed by atoms with van der Waals surface area (Å²) < 4.78 is 0. The van der Waals surface area contributed by atoms with E-state index < -0.39 is 5.91 Å². The highest BCUT2D eigenvalue weighted by Gasteiger charge is 2.19.